The van der Waals surface area contributed by atoms with Crippen LogP contribution in [-0.4, -0.2) is 5.91 Å². The average molecular weight is 320 g/mol. The van der Waals surface area contributed by atoms with E-state index in [-0.39, 0.29) is 0 Å². The molecule has 5 heteroatoms. The number of benzene rings is 2. The van der Waals surface area contributed by atoms with Crippen molar-refractivity contribution >= 4 is 38.9 Å². The van der Waals surface area contributed by atoms with Crippen LogP contribution in [0.4, 0.5) is 17.1 Å². The van der Waals surface area contributed by atoms with Gasteiger partial charge < -0.3 is 16.8 Å². The van der Waals surface area contributed by atoms with Crippen molar-refractivity contribution in [3.63, 3.8) is 0 Å². The molecule has 0 aliphatic carbocycles. The van der Waals surface area contributed by atoms with Gasteiger partial charge in [0.15, 0.2) is 0 Å². The Morgan fingerprint density at radius 1 is 1.21 bits per heavy atom. The van der Waals surface area contributed by atoms with Gasteiger partial charge in [-0.1, -0.05) is 12.1 Å². The molecule has 2 rings (SSSR count). The summed E-state index contributed by atoms with van der Waals surface area (Å²) < 4.78 is 0.918. The fourth-order valence-electron chi connectivity index (χ4n) is 1.77. The van der Waals surface area contributed by atoms with Crippen LogP contribution in [-0.2, 0) is 0 Å². The van der Waals surface area contributed by atoms with E-state index in [0.29, 0.717) is 16.9 Å². The summed E-state index contributed by atoms with van der Waals surface area (Å²) in [4.78, 5) is 11.3. The van der Waals surface area contributed by atoms with Crippen molar-refractivity contribution in [1.29, 1.82) is 0 Å². The number of aryl methyl sites for hydroxylation is 1. The lowest BCUT2D eigenvalue weighted by atomic mass is 10.1. The fourth-order valence-corrected chi connectivity index (χ4v) is 2.11. The predicted molar refractivity (Wildman–Crippen MR) is 81.5 cm³/mol. The van der Waals surface area contributed by atoms with E-state index >= 15 is 0 Å². The molecule has 0 aliphatic rings. The molecular formula is C14H14BrN3O. The van der Waals surface area contributed by atoms with Crippen molar-refractivity contribution in [2.75, 3.05) is 11.1 Å². The van der Waals surface area contributed by atoms with Gasteiger partial charge in [-0.15, -0.1) is 0 Å². The van der Waals surface area contributed by atoms with Gasteiger partial charge >= 0.3 is 0 Å². The van der Waals surface area contributed by atoms with E-state index in [9.17, 15) is 4.79 Å². The zero-order valence-electron chi connectivity index (χ0n) is 10.4. The Morgan fingerprint density at radius 3 is 2.63 bits per heavy atom. The van der Waals surface area contributed by atoms with Crippen LogP contribution in [0.25, 0.3) is 0 Å². The van der Waals surface area contributed by atoms with Crippen molar-refractivity contribution in [2.24, 2.45) is 5.73 Å². The SMILES string of the molecule is Cc1ccc(Br)c(Nc2cccc(C(N)=O)c2N)c1. The molecule has 0 heterocycles. The number of amides is 1. The quantitative estimate of drug-likeness (QED) is 0.760. The molecule has 4 nitrogen and oxygen atoms in total. The van der Waals surface area contributed by atoms with Crippen LogP contribution < -0.4 is 16.8 Å². The number of carbonyl (C=O) groups is 1. The first-order valence-electron chi connectivity index (χ1n) is 5.70. The second-order valence-electron chi connectivity index (χ2n) is 4.24. The highest BCUT2D eigenvalue weighted by molar-refractivity contribution is 9.10. The molecule has 0 spiro atoms. The lowest BCUT2D eigenvalue weighted by Crippen LogP contribution is -2.14. The molecule has 0 unspecified atom stereocenters. The van der Waals surface area contributed by atoms with Gasteiger partial charge in [0.1, 0.15) is 0 Å². The van der Waals surface area contributed by atoms with E-state index in [1.54, 1.807) is 18.2 Å². The Labute approximate surface area is 119 Å². The maximum absolute atomic E-state index is 11.3. The largest absolute Gasteiger partial charge is 0.396 e. The minimum atomic E-state index is -0.538. The lowest BCUT2D eigenvalue weighted by Gasteiger charge is -2.13. The summed E-state index contributed by atoms with van der Waals surface area (Å²) in [6.45, 7) is 2.00. The van der Waals surface area contributed by atoms with Gasteiger partial charge in [-0.2, -0.15) is 0 Å². The lowest BCUT2D eigenvalue weighted by molar-refractivity contribution is 0.100. The van der Waals surface area contributed by atoms with Gasteiger partial charge in [-0.3, -0.25) is 4.79 Å². The van der Waals surface area contributed by atoms with Crippen molar-refractivity contribution in [3.05, 3.63) is 52.0 Å². The first-order valence-corrected chi connectivity index (χ1v) is 6.50. The number of anilines is 3. The number of rotatable bonds is 3. The summed E-state index contributed by atoms with van der Waals surface area (Å²) in [5.41, 5.74) is 14.5. The summed E-state index contributed by atoms with van der Waals surface area (Å²) in [6.07, 6.45) is 0. The fraction of sp³-hybridized carbons (Fsp3) is 0.0714. The van der Waals surface area contributed by atoms with E-state index in [4.69, 9.17) is 11.5 Å². The third-order valence-electron chi connectivity index (χ3n) is 2.76. The number of nitrogen functional groups attached to an aromatic ring is 1. The molecular weight excluding hydrogens is 306 g/mol. The molecule has 2 aromatic carbocycles. The normalized spacial score (nSPS) is 10.2. The van der Waals surface area contributed by atoms with E-state index in [0.717, 1.165) is 15.7 Å². The summed E-state index contributed by atoms with van der Waals surface area (Å²) in [5.74, 6) is -0.538. The first kappa shape index (κ1) is 13.4. The maximum atomic E-state index is 11.3. The van der Waals surface area contributed by atoms with Crippen LogP contribution >= 0.6 is 15.9 Å². The van der Waals surface area contributed by atoms with E-state index in [1.165, 1.54) is 0 Å². The first-order chi connectivity index (χ1) is 8.99. The highest BCUT2D eigenvalue weighted by atomic mass is 79.9. The van der Waals surface area contributed by atoms with Crippen molar-refractivity contribution in [1.82, 2.24) is 0 Å². The molecule has 98 valence electrons. The number of para-hydroxylation sites is 1. The van der Waals surface area contributed by atoms with Gasteiger partial charge in [0, 0.05) is 4.47 Å². The standard InChI is InChI=1S/C14H14BrN3O/c1-8-5-6-10(15)12(7-8)18-11-4-2-3-9(13(11)16)14(17)19/h2-7,18H,16H2,1H3,(H2,17,19). The van der Waals surface area contributed by atoms with Gasteiger partial charge in [-0.05, 0) is 52.7 Å². The number of carbonyl (C=O) groups excluding carboxylic acids is 1. The van der Waals surface area contributed by atoms with Crippen molar-refractivity contribution < 1.29 is 4.79 Å². The third kappa shape index (κ3) is 2.88. The molecule has 2 aromatic rings. The van der Waals surface area contributed by atoms with Crippen molar-refractivity contribution in [3.8, 4) is 0 Å². The third-order valence-corrected chi connectivity index (χ3v) is 3.45. The Bertz CT molecular complexity index is 641. The van der Waals surface area contributed by atoms with Crippen molar-refractivity contribution in [2.45, 2.75) is 6.92 Å². The number of primary amides is 1. The second-order valence-corrected chi connectivity index (χ2v) is 5.09. The summed E-state index contributed by atoms with van der Waals surface area (Å²) >= 11 is 3.46. The monoisotopic (exact) mass is 319 g/mol. The smallest absolute Gasteiger partial charge is 0.250 e. The summed E-state index contributed by atoms with van der Waals surface area (Å²) in [5, 5.41) is 3.20. The minimum absolute atomic E-state index is 0.314. The Morgan fingerprint density at radius 2 is 1.95 bits per heavy atom. The van der Waals surface area contributed by atoms with Crippen LogP contribution in [0.2, 0.25) is 0 Å². The molecule has 1 amide bonds. The number of hydrogen-bond donors (Lipinski definition) is 3. The Balaban J connectivity index is 2.41. The molecule has 19 heavy (non-hydrogen) atoms. The maximum Gasteiger partial charge on any atom is 0.250 e. The second kappa shape index (κ2) is 5.32. The molecule has 0 aromatic heterocycles. The molecule has 0 bridgehead atoms. The van der Waals surface area contributed by atoms with Crippen LogP contribution in [0.1, 0.15) is 15.9 Å². The van der Waals surface area contributed by atoms with Crippen LogP contribution in [0.3, 0.4) is 0 Å². The zero-order valence-corrected chi connectivity index (χ0v) is 12.0. The highest BCUT2D eigenvalue weighted by Crippen LogP contribution is 2.30. The molecule has 0 radical (unpaired) electrons. The van der Waals surface area contributed by atoms with Crippen LogP contribution in [0, 0.1) is 6.92 Å². The van der Waals surface area contributed by atoms with E-state index in [1.807, 2.05) is 25.1 Å². The van der Waals surface area contributed by atoms with E-state index in [2.05, 4.69) is 21.2 Å². The minimum Gasteiger partial charge on any atom is -0.396 e. The molecule has 5 N–H and O–H groups in total. The number of nitrogens with two attached hydrogens (primary N) is 2. The van der Waals surface area contributed by atoms with Gasteiger partial charge in [-0.25, -0.2) is 0 Å². The summed E-state index contributed by atoms with van der Waals surface area (Å²) in [6, 6.07) is 11.1. The average Bonchev–Trinajstić information content (AvgIpc) is 2.36. The Kier molecular flexibility index (Phi) is 3.76. The van der Waals surface area contributed by atoms with Crippen LogP contribution in [0.5, 0.6) is 0 Å². The predicted octanol–water partition coefficient (Wildman–Crippen LogP) is 3.18. The van der Waals surface area contributed by atoms with Gasteiger partial charge in [0.05, 0.1) is 22.6 Å². The zero-order chi connectivity index (χ0) is 14.0. The van der Waals surface area contributed by atoms with Crippen LogP contribution in [0.15, 0.2) is 40.9 Å². The topological polar surface area (TPSA) is 81.1 Å². The number of halogens is 1. The Hall–Kier alpha value is -2.01. The number of hydrogen-bond acceptors (Lipinski definition) is 3. The molecule has 0 aliphatic heterocycles. The summed E-state index contributed by atoms with van der Waals surface area (Å²) in [7, 11) is 0. The van der Waals surface area contributed by atoms with Gasteiger partial charge in [0.2, 0.25) is 0 Å². The highest BCUT2D eigenvalue weighted by Gasteiger charge is 2.10. The molecule has 0 saturated heterocycles. The molecule has 0 saturated carbocycles. The van der Waals surface area contributed by atoms with E-state index < -0.39 is 5.91 Å². The molecule has 0 atom stereocenters. The molecule has 0 fully saturated rings. The van der Waals surface area contributed by atoms with Gasteiger partial charge in [0.25, 0.3) is 5.91 Å². The number of nitrogens with one attached hydrogen (secondary N) is 1.